The maximum absolute atomic E-state index is 12.2. The molecule has 1 aliphatic carbocycles. The van der Waals surface area contributed by atoms with Gasteiger partial charge in [-0.2, -0.15) is 0 Å². The highest BCUT2D eigenvalue weighted by Crippen LogP contribution is 2.34. The third-order valence-corrected chi connectivity index (χ3v) is 4.23. The molecule has 1 saturated carbocycles. The molecule has 1 fully saturated rings. The van der Waals surface area contributed by atoms with Crippen molar-refractivity contribution < 1.29 is 4.79 Å². The molecule has 17 heavy (non-hydrogen) atoms. The van der Waals surface area contributed by atoms with Gasteiger partial charge in [-0.05, 0) is 25.7 Å². The molecule has 0 heterocycles. The highest BCUT2D eigenvalue weighted by atomic mass is 16.1. The van der Waals surface area contributed by atoms with Gasteiger partial charge in [-0.3, -0.25) is 4.79 Å². The predicted octanol–water partition coefficient (Wildman–Crippen LogP) is 5.13. The van der Waals surface area contributed by atoms with Gasteiger partial charge in [0.1, 0.15) is 5.78 Å². The van der Waals surface area contributed by atoms with Crippen LogP contribution in [0.15, 0.2) is 0 Å². The van der Waals surface area contributed by atoms with Crippen LogP contribution in [0.5, 0.6) is 0 Å². The molecule has 0 aliphatic heterocycles. The largest absolute Gasteiger partial charge is 0.299 e. The number of ketones is 1. The summed E-state index contributed by atoms with van der Waals surface area (Å²) in [6.45, 7) is 4.47. The summed E-state index contributed by atoms with van der Waals surface area (Å²) in [7, 11) is 0. The van der Waals surface area contributed by atoms with Crippen molar-refractivity contribution in [1.29, 1.82) is 0 Å². The first-order chi connectivity index (χ1) is 8.29. The molecule has 100 valence electrons. The highest BCUT2D eigenvalue weighted by Gasteiger charge is 2.32. The molecule has 2 atom stereocenters. The number of carbonyl (C=O) groups excluding carboxylic acids is 1. The maximum atomic E-state index is 12.2. The van der Waals surface area contributed by atoms with Crippen molar-refractivity contribution >= 4 is 5.78 Å². The van der Waals surface area contributed by atoms with Crippen LogP contribution in [0.3, 0.4) is 0 Å². The van der Waals surface area contributed by atoms with Gasteiger partial charge in [-0.25, -0.2) is 0 Å². The first-order valence-electron chi connectivity index (χ1n) is 7.83. The molecule has 0 bridgehead atoms. The van der Waals surface area contributed by atoms with Crippen molar-refractivity contribution in [3.8, 4) is 0 Å². The van der Waals surface area contributed by atoms with Gasteiger partial charge in [0.25, 0.3) is 0 Å². The first-order valence-corrected chi connectivity index (χ1v) is 7.83. The zero-order valence-electron chi connectivity index (χ0n) is 11.8. The molecule has 2 unspecified atom stereocenters. The minimum atomic E-state index is 0.428. The smallest absolute Gasteiger partial charge is 0.139 e. The topological polar surface area (TPSA) is 17.1 Å². The van der Waals surface area contributed by atoms with Gasteiger partial charge in [0.15, 0.2) is 0 Å². The van der Waals surface area contributed by atoms with Gasteiger partial charge in [0.05, 0.1) is 0 Å². The summed E-state index contributed by atoms with van der Waals surface area (Å²) >= 11 is 0. The van der Waals surface area contributed by atoms with Crippen LogP contribution in [0, 0.1) is 11.8 Å². The molecule has 1 aliphatic rings. The Bertz CT molecular complexity index is 210. The summed E-state index contributed by atoms with van der Waals surface area (Å²) in [5.74, 6) is 1.47. The number of Topliss-reactive ketones (excluding diaryl/α,β-unsaturated/α-hetero) is 1. The van der Waals surface area contributed by atoms with Crippen LogP contribution in [0.2, 0.25) is 0 Å². The monoisotopic (exact) mass is 238 g/mol. The van der Waals surface area contributed by atoms with Crippen LogP contribution in [-0.4, -0.2) is 5.78 Å². The minimum Gasteiger partial charge on any atom is -0.299 e. The number of rotatable bonds is 9. The maximum Gasteiger partial charge on any atom is 0.139 e. The van der Waals surface area contributed by atoms with Gasteiger partial charge in [-0.15, -0.1) is 0 Å². The highest BCUT2D eigenvalue weighted by molar-refractivity contribution is 5.85. The summed E-state index contributed by atoms with van der Waals surface area (Å²) < 4.78 is 0. The lowest BCUT2D eigenvalue weighted by molar-refractivity contribution is -0.124. The van der Waals surface area contributed by atoms with E-state index in [0.29, 0.717) is 17.6 Å². The molecule has 1 heteroatoms. The standard InChI is InChI=1S/C16H30O/c1-3-5-7-9-11-15-13-12-14(16(15)17)10-8-6-4-2/h14-15H,3-13H2,1-2H3. The molecule has 0 N–H and O–H groups in total. The van der Waals surface area contributed by atoms with E-state index >= 15 is 0 Å². The van der Waals surface area contributed by atoms with Crippen molar-refractivity contribution in [2.75, 3.05) is 0 Å². The Labute approximate surface area is 107 Å². The molecule has 0 amide bonds. The molecular weight excluding hydrogens is 208 g/mol. The van der Waals surface area contributed by atoms with Crippen molar-refractivity contribution in [2.24, 2.45) is 11.8 Å². The van der Waals surface area contributed by atoms with Crippen LogP contribution in [0.1, 0.15) is 84.5 Å². The van der Waals surface area contributed by atoms with E-state index < -0.39 is 0 Å². The lowest BCUT2D eigenvalue weighted by atomic mass is 9.94. The second-order valence-corrected chi connectivity index (χ2v) is 5.72. The van der Waals surface area contributed by atoms with Crippen LogP contribution >= 0.6 is 0 Å². The van der Waals surface area contributed by atoms with E-state index in [9.17, 15) is 4.79 Å². The molecule has 0 saturated heterocycles. The Kier molecular flexibility index (Phi) is 7.55. The van der Waals surface area contributed by atoms with E-state index in [1.807, 2.05) is 0 Å². The van der Waals surface area contributed by atoms with Gasteiger partial charge in [0, 0.05) is 11.8 Å². The average Bonchev–Trinajstić information content (AvgIpc) is 2.67. The quantitative estimate of drug-likeness (QED) is 0.509. The molecule has 1 rings (SSSR count). The summed E-state index contributed by atoms with van der Waals surface area (Å²) in [5.41, 5.74) is 0. The summed E-state index contributed by atoms with van der Waals surface area (Å²) in [6.07, 6.45) is 13.7. The fraction of sp³-hybridized carbons (Fsp3) is 0.938. The number of carbonyl (C=O) groups is 1. The summed E-state index contributed by atoms with van der Waals surface area (Å²) in [6, 6.07) is 0. The van der Waals surface area contributed by atoms with Crippen LogP contribution < -0.4 is 0 Å². The normalized spacial score (nSPS) is 24.5. The van der Waals surface area contributed by atoms with Gasteiger partial charge < -0.3 is 0 Å². The van der Waals surface area contributed by atoms with Crippen LogP contribution in [-0.2, 0) is 4.79 Å². The summed E-state index contributed by atoms with van der Waals surface area (Å²) in [4.78, 5) is 12.2. The second-order valence-electron chi connectivity index (χ2n) is 5.72. The second kappa shape index (κ2) is 8.72. The van der Waals surface area contributed by atoms with E-state index in [1.54, 1.807) is 0 Å². The molecule has 0 aromatic carbocycles. The zero-order valence-corrected chi connectivity index (χ0v) is 11.8. The van der Waals surface area contributed by atoms with Crippen LogP contribution in [0.25, 0.3) is 0 Å². The van der Waals surface area contributed by atoms with Gasteiger partial charge in [0.2, 0.25) is 0 Å². The predicted molar refractivity (Wildman–Crippen MR) is 74.1 cm³/mol. The number of hydrogen-bond donors (Lipinski definition) is 0. The molecule has 0 aromatic heterocycles. The minimum absolute atomic E-state index is 0.428. The van der Waals surface area contributed by atoms with Crippen LogP contribution in [0.4, 0.5) is 0 Å². The van der Waals surface area contributed by atoms with Gasteiger partial charge >= 0.3 is 0 Å². The first kappa shape index (κ1) is 14.7. The molecule has 0 radical (unpaired) electrons. The number of unbranched alkanes of at least 4 members (excludes halogenated alkanes) is 5. The van der Waals surface area contributed by atoms with Crippen molar-refractivity contribution in [1.82, 2.24) is 0 Å². The van der Waals surface area contributed by atoms with E-state index in [-0.39, 0.29) is 0 Å². The molecule has 0 aromatic rings. The van der Waals surface area contributed by atoms with E-state index in [2.05, 4.69) is 13.8 Å². The Morgan fingerprint density at radius 3 is 1.82 bits per heavy atom. The van der Waals surface area contributed by atoms with E-state index in [1.165, 1.54) is 64.2 Å². The zero-order chi connectivity index (χ0) is 12.5. The average molecular weight is 238 g/mol. The van der Waals surface area contributed by atoms with Crippen molar-refractivity contribution in [2.45, 2.75) is 84.5 Å². The van der Waals surface area contributed by atoms with Gasteiger partial charge in [-0.1, -0.05) is 58.8 Å². The lowest BCUT2D eigenvalue weighted by Gasteiger charge is -2.10. The fourth-order valence-corrected chi connectivity index (χ4v) is 3.05. The number of hydrogen-bond acceptors (Lipinski definition) is 1. The van der Waals surface area contributed by atoms with Crippen molar-refractivity contribution in [3.63, 3.8) is 0 Å². The third kappa shape index (κ3) is 5.23. The van der Waals surface area contributed by atoms with Crippen molar-refractivity contribution in [3.05, 3.63) is 0 Å². The fourth-order valence-electron chi connectivity index (χ4n) is 3.05. The lowest BCUT2D eigenvalue weighted by Crippen LogP contribution is -2.14. The summed E-state index contributed by atoms with van der Waals surface area (Å²) in [5, 5.41) is 0. The SMILES string of the molecule is CCCCCCC1CCC(CCCCC)C1=O. The Hall–Kier alpha value is -0.330. The van der Waals surface area contributed by atoms with E-state index in [4.69, 9.17) is 0 Å². The molecular formula is C16H30O. The Morgan fingerprint density at radius 1 is 0.824 bits per heavy atom. The van der Waals surface area contributed by atoms with E-state index in [0.717, 1.165) is 6.42 Å². The third-order valence-electron chi connectivity index (χ3n) is 4.23. The molecule has 1 nitrogen and oxygen atoms in total. The Balaban J connectivity index is 2.15. The molecule has 0 spiro atoms. The Morgan fingerprint density at radius 2 is 1.29 bits per heavy atom.